The monoisotopic (exact) mass is 429 g/mol. The summed E-state index contributed by atoms with van der Waals surface area (Å²) in [5.41, 5.74) is 3.02. The highest BCUT2D eigenvalue weighted by atomic mass is 35.5. The van der Waals surface area contributed by atoms with Gasteiger partial charge in [0, 0.05) is 40.5 Å². The third kappa shape index (κ3) is 4.31. The molecule has 1 aliphatic heterocycles. The SMILES string of the molecule is Cc1nn(C2CCS(=O)(=O)C2)c(C)c1CN(C)C(=O)c1cc(Cl)cc(Cl)c1. The van der Waals surface area contributed by atoms with Crippen LogP contribution in [0, 0.1) is 13.8 Å². The van der Waals surface area contributed by atoms with Gasteiger partial charge in [0.15, 0.2) is 9.84 Å². The van der Waals surface area contributed by atoms with Gasteiger partial charge in [0.1, 0.15) is 0 Å². The molecule has 1 unspecified atom stereocenters. The van der Waals surface area contributed by atoms with Crippen molar-refractivity contribution < 1.29 is 13.2 Å². The normalized spacial score (nSPS) is 18.6. The molecule has 0 radical (unpaired) electrons. The van der Waals surface area contributed by atoms with Crippen molar-refractivity contribution >= 4 is 38.9 Å². The molecular weight excluding hydrogens is 409 g/mol. The zero-order chi connectivity index (χ0) is 19.9. The highest BCUT2D eigenvalue weighted by Gasteiger charge is 2.31. The fraction of sp³-hybridized carbons (Fsp3) is 0.444. The molecule has 2 aromatic rings. The minimum atomic E-state index is -3.00. The molecule has 1 aromatic carbocycles. The van der Waals surface area contributed by atoms with E-state index in [1.54, 1.807) is 34.8 Å². The lowest BCUT2D eigenvalue weighted by molar-refractivity contribution is 0.0784. The number of aromatic nitrogens is 2. The second-order valence-corrected chi connectivity index (χ2v) is 10.1. The molecule has 1 atom stereocenters. The molecule has 0 aliphatic carbocycles. The van der Waals surface area contributed by atoms with Crippen LogP contribution in [-0.4, -0.2) is 47.6 Å². The summed E-state index contributed by atoms with van der Waals surface area (Å²) in [7, 11) is -1.29. The Balaban J connectivity index is 1.82. The van der Waals surface area contributed by atoms with Gasteiger partial charge in [0.2, 0.25) is 0 Å². The van der Waals surface area contributed by atoms with Crippen molar-refractivity contribution in [1.82, 2.24) is 14.7 Å². The molecule has 1 saturated heterocycles. The van der Waals surface area contributed by atoms with Crippen molar-refractivity contribution in [2.24, 2.45) is 0 Å². The number of hydrogen-bond acceptors (Lipinski definition) is 4. The predicted molar refractivity (Wildman–Crippen MR) is 106 cm³/mol. The zero-order valence-corrected chi connectivity index (χ0v) is 17.7. The Bertz CT molecular complexity index is 981. The first-order valence-electron chi connectivity index (χ1n) is 8.54. The zero-order valence-electron chi connectivity index (χ0n) is 15.4. The average Bonchev–Trinajstić information content (AvgIpc) is 3.06. The van der Waals surface area contributed by atoms with Gasteiger partial charge in [-0.25, -0.2) is 8.42 Å². The van der Waals surface area contributed by atoms with E-state index < -0.39 is 9.84 Å². The highest BCUT2D eigenvalue weighted by Crippen LogP contribution is 2.27. The van der Waals surface area contributed by atoms with E-state index in [-0.39, 0.29) is 23.5 Å². The Kier molecular flexibility index (Phi) is 5.57. The summed E-state index contributed by atoms with van der Waals surface area (Å²) in [4.78, 5) is 14.3. The lowest BCUT2D eigenvalue weighted by Crippen LogP contribution is -2.26. The van der Waals surface area contributed by atoms with Gasteiger partial charge < -0.3 is 4.90 Å². The molecule has 146 valence electrons. The predicted octanol–water partition coefficient (Wildman–Crippen LogP) is 3.44. The van der Waals surface area contributed by atoms with Crippen molar-refractivity contribution in [3.63, 3.8) is 0 Å². The number of rotatable bonds is 4. The van der Waals surface area contributed by atoms with E-state index >= 15 is 0 Å². The molecule has 0 spiro atoms. The van der Waals surface area contributed by atoms with E-state index in [4.69, 9.17) is 23.2 Å². The van der Waals surface area contributed by atoms with Crippen molar-refractivity contribution in [3.8, 4) is 0 Å². The summed E-state index contributed by atoms with van der Waals surface area (Å²) < 4.78 is 25.4. The summed E-state index contributed by atoms with van der Waals surface area (Å²) in [5, 5.41) is 5.35. The molecule has 2 heterocycles. The Morgan fingerprint density at radius 2 is 1.89 bits per heavy atom. The van der Waals surface area contributed by atoms with Gasteiger partial charge in [0.05, 0.1) is 23.2 Å². The number of carbonyl (C=O) groups excluding carboxylic acids is 1. The van der Waals surface area contributed by atoms with E-state index in [2.05, 4.69) is 5.10 Å². The summed E-state index contributed by atoms with van der Waals surface area (Å²) in [6.07, 6.45) is 0.569. The quantitative estimate of drug-likeness (QED) is 0.745. The maximum Gasteiger partial charge on any atom is 0.254 e. The molecule has 1 aliphatic rings. The maximum absolute atomic E-state index is 12.7. The van der Waals surface area contributed by atoms with E-state index in [0.29, 0.717) is 28.6 Å². The lowest BCUT2D eigenvalue weighted by atomic mass is 10.1. The van der Waals surface area contributed by atoms with Gasteiger partial charge >= 0.3 is 0 Å². The summed E-state index contributed by atoms with van der Waals surface area (Å²) >= 11 is 12.0. The van der Waals surface area contributed by atoms with Crippen LogP contribution >= 0.6 is 23.2 Å². The lowest BCUT2D eigenvalue weighted by Gasteiger charge is -2.18. The molecule has 0 saturated carbocycles. The van der Waals surface area contributed by atoms with Crippen LogP contribution in [0.15, 0.2) is 18.2 Å². The third-order valence-electron chi connectivity index (χ3n) is 4.88. The molecule has 27 heavy (non-hydrogen) atoms. The Morgan fingerprint density at radius 3 is 2.44 bits per heavy atom. The molecule has 0 bridgehead atoms. The number of nitrogens with zero attached hydrogens (tertiary/aromatic N) is 3. The Labute approximate surface area is 169 Å². The number of carbonyl (C=O) groups is 1. The molecule has 9 heteroatoms. The first-order valence-corrected chi connectivity index (χ1v) is 11.1. The van der Waals surface area contributed by atoms with Gasteiger partial charge in [0.25, 0.3) is 5.91 Å². The van der Waals surface area contributed by atoms with E-state index in [1.807, 2.05) is 13.8 Å². The van der Waals surface area contributed by atoms with Crippen LogP contribution in [0.25, 0.3) is 0 Å². The van der Waals surface area contributed by atoms with Crippen molar-refractivity contribution in [1.29, 1.82) is 0 Å². The molecule has 1 aromatic heterocycles. The highest BCUT2D eigenvalue weighted by molar-refractivity contribution is 7.91. The van der Waals surface area contributed by atoms with Gasteiger partial charge in [-0.05, 0) is 38.5 Å². The second-order valence-electron chi connectivity index (χ2n) is 6.97. The fourth-order valence-corrected chi connectivity index (χ4v) is 5.67. The summed E-state index contributed by atoms with van der Waals surface area (Å²) in [6.45, 7) is 4.14. The van der Waals surface area contributed by atoms with Crippen LogP contribution in [-0.2, 0) is 16.4 Å². The van der Waals surface area contributed by atoms with Crippen LogP contribution in [0.2, 0.25) is 10.0 Å². The van der Waals surface area contributed by atoms with E-state index in [0.717, 1.165) is 17.0 Å². The van der Waals surface area contributed by atoms with Crippen molar-refractivity contribution in [2.45, 2.75) is 32.9 Å². The topological polar surface area (TPSA) is 72.3 Å². The molecular formula is C18H21Cl2N3O3S. The summed E-state index contributed by atoms with van der Waals surface area (Å²) in [6, 6.07) is 4.60. The smallest absolute Gasteiger partial charge is 0.254 e. The van der Waals surface area contributed by atoms with Crippen molar-refractivity contribution in [2.75, 3.05) is 18.6 Å². The van der Waals surface area contributed by atoms with Crippen LogP contribution in [0.4, 0.5) is 0 Å². The van der Waals surface area contributed by atoms with E-state index in [9.17, 15) is 13.2 Å². The number of hydrogen-bond donors (Lipinski definition) is 0. The second kappa shape index (κ2) is 7.45. The average molecular weight is 430 g/mol. The van der Waals surface area contributed by atoms with Crippen LogP contribution < -0.4 is 0 Å². The number of amides is 1. The molecule has 0 N–H and O–H groups in total. The summed E-state index contributed by atoms with van der Waals surface area (Å²) in [5.74, 6) is 0.109. The molecule has 1 fully saturated rings. The van der Waals surface area contributed by atoms with Crippen LogP contribution in [0.5, 0.6) is 0 Å². The molecule has 6 nitrogen and oxygen atoms in total. The first-order chi connectivity index (χ1) is 12.6. The minimum absolute atomic E-state index is 0.115. The Morgan fingerprint density at radius 1 is 1.26 bits per heavy atom. The van der Waals surface area contributed by atoms with Crippen molar-refractivity contribution in [3.05, 3.63) is 50.8 Å². The number of sulfone groups is 1. The third-order valence-corrected chi connectivity index (χ3v) is 7.07. The Hall–Kier alpha value is -1.57. The number of halogens is 2. The van der Waals surface area contributed by atoms with Gasteiger partial charge in [-0.3, -0.25) is 9.48 Å². The number of benzene rings is 1. The largest absolute Gasteiger partial charge is 0.337 e. The first kappa shape index (κ1) is 20.2. The van der Waals surface area contributed by atoms with E-state index in [1.165, 1.54) is 0 Å². The van der Waals surface area contributed by atoms with Crippen LogP contribution in [0.1, 0.15) is 39.8 Å². The van der Waals surface area contributed by atoms with Gasteiger partial charge in [-0.1, -0.05) is 23.2 Å². The standard InChI is InChI=1S/C18H21Cl2N3O3S/c1-11-17(12(2)23(21-11)16-4-5-27(25,26)10-16)9-22(3)18(24)13-6-14(19)8-15(20)7-13/h6-8,16H,4-5,9-10H2,1-3H3. The maximum atomic E-state index is 12.7. The number of aryl methyl sites for hydroxylation is 1. The molecule has 1 amide bonds. The van der Waals surface area contributed by atoms with Gasteiger partial charge in [-0.15, -0.1) is 0 Å². The van der Waals surface area contributed by atoms with Gasteiger partial charge in [-0.2, -0.15) is 5.10 Å². The minimum Gasteiger partial charge on any atom is -0.337 e. The molecule has 3 rings (SSSR count). The van der Waals surface area contributed by atoms with Crippen LogP contribution in [0.3, 0.4) is 0 Å². The fourth-order valence-electron chi connectivity index (χ4n) is 3.46.